The van der Waals surface area contributed by atoms with Crippen molar-refractivity contribution < 1.29 is 0 Å². The van der Waals surface area contributed by atoms with Crippen LogP contribution in [0.4, 0.5) is 0 Å². The fraction of sp³-hybridized carbons (Fsp3) is 0.455. The Bertz CT molecular complexity index is 995. The smallest absolute Gasteiger partial charge is 0.0234 e. The maximum atomic E-state index is 2.83. The second kappa shape index (κ2) is 11.5. The number of hydrogen-bond donors (Lipinski definition) is 0. The molecule has 2 aliphatic rings. The SMILES string of the molecule is Cc1cccc(CN2CCN(C3CCCC(Cc4ccccc4)(Cc4ccccc4)CC3)CC2)c1. The summed E-state index contributed by atoms with van der Waals surface area (Å²) in [5, 5.41) is 0. The van der Waals surface area contributed by atoms with Gasteiger partial charge in [-0.15, -0.1) is 0 Å². The number of nitrogens with zero attached hydrogens (tertiary/aromatic N) is 2. The number of hydrogen-bond acceptors (Lipinski definition) is 2. The lowest BCUT2D eigenvalue weighted by atomic mass is 9.71. The molecule has 0 amide bonds. The van der Waals surface area contributed by atoms with Crippen LogP contribution in [0.15, 0.2) is 84.9 Å². The molecule has 0 N–H and O–H groups in total. The van der Waals surface area contributed by atoms with Crippen LogP contribution in [0.25, 0.3) is 0 Å². The van der Waals surface area contributed by atoms with Crippen LogP contribution >= 0.6 is 0 Å². The van der Waals surface area contributed by atoms with E-state index in [1.54, 1.807) is 0 Å². The molecule has 3 aromatic carbocycles. The van der Waals surface area contributed by atoms with Crippen molar-refractivity contribution in [3.05, 3.63) is 107 Å². The number of benzene rings is 3. The van der Waals surface area contributed by atoms with Crippen LogP contribution in [-0.2, 0) is 19.4 Å². The van der Waals surface area contributed by atoms with Gasteiger partial charge in [0.25, 0.3) is 0 Å². The molecular weight excluding hydrogens is 424 g/mol. The highest BCUT2D eigenvalue weighted by Gasteiger charge is 2.35. The Kier molecular flexibility index (Phi) is 8.01. The second-order valence-electron chi connectivity index (χ2n) is 11.2. The monoisotopic (exact) mass is 466 g/mol. The van der Waals surface area contributed by atoms with Gasteiger partial charge in [-0.25, -0.2) is 0 Å². The van der Waals surface area contributed by atoms with Crippen molar-refractivity contribution >= 4 is 0 Å². The van der Waals surface area contributed by atoms with E-state index in [1.807, 2.05) is 0 Å². The molecule has 1 aliphatic heterocycles. The van der Waals surface area contributed by atoms with Gasteiger partial charge in [0.1, 0.15) is 0 Å². The van der Waals surface area contributed by atoms with Crippen LogP contribution in [0.2, 0.25) is 0 Å². The van der Waals surface area contributed by atoms with Crippen molar-refractivity contribution in [2.24, 2.45) is 5.41 Å². The minimum atomic E-state index is 0.379. The first-order chi connectivity index (χ1) is 17.2. The quantitative estimate of drug-likeness (QED) is 0.349. The average molecular weight is 467 g/mol. The molecule has 0 spiro atoms. The van der Waals surface area contributed by atoms with Gasteiger partial charge in [0.2, 0.25) is 0 Å². The van der Waals surface area contributed by atoms with Crippen LogP contribution in [0.1, 0.15) is 54.4 Å². The lowest BCUT2D eigenvalue weighted by Gasteiger charge is -2.39. The summed E-state index contributed by atoms with van der Waals surface area (Å²) < 4.78 is 0. The predicted molar refractivity (Wildman–Crippen MR) is 148 cm³/mol. The summed E-state index contributed by atoms with van der Waals surface area (Å²) in [6.45, 7) is 8.13. The van der Waals surface area contributed by atoms with Crippen molar-refractivity contribution in [1.82, 2.24) is 9.80 Å². The first-order valence-corrected chi connectivity index (χ1v) is 13.8. The zero-order valence-corrected chi connectivity index (χ0v) is 21.5. The van der Waals surface area contributed by atoms with E-state index in [-0.39, 0.29) is 0 Å². The zero-order valence-electron chi connectivity index (χ0n) is 21.5. The third-order valence-electron chi connectivity index (χ3n) is 8.51. The molecule has 0 bridgehead atoms. The zero-order chi connectivity index (χ0) is 23.9. The molecule has 1 unspecified atom stereocenters. The molecule has 1 saturated carbocycles. The first kappa shape index (κ1) is 24.3. The van der Waals surface area contributed by atoms with Crippen LogP contribution in [0, 0.1) is 12.3 Å². The van der Waals surface area contributed by atoms with E-state index in [1.165, 1.54) is 93.4 Å². The van der Waals surface area contributed by atoms with Gasteiger partial charge in [0, 0.05) is 38.8 Å². The third kappa shape index (κ3) is 6.63. The Morgan fingerprint density at radius 1 is 0.686 bits per heavy atom. The molecule has 2 heteroatoms. The van der Waals surface area contributed by atoms with E-state index in [4.69, 9.17) is 0 Å². The molecule has 5 rings (SSSR count). The number of aryl methyl sites for hydroxylation is 1. The maximum absolute atomic E-state index is 2.83. The molecule has 1 atom stereocenters. The largest absolute Gasteiger partial charge is 0.298 e. The molecule has 2 nitrogen and oxygen atoms in total. The van der Waals surface area contributed by atoms with Gasteiger partial charge in [0.05, 0.1) is 0 Å². The Labute approximate surface area is 213 Å². The minimum Gasteiger partial charge on any atom is -0.298 e. The van der Waals surface area contributed by atoms with Crippen molar-refractivity contribution in [2.45, 2.75) is 64.5 Å². The van der Waals surface area contributed by atoms with Crippen molar-refractivity contribution in [3.63, 3.8) is 0 Å². The molecule has 1 aliphatic carbocycles. The summed E-state index contributed by atoms with van der Waals surface area (Å²) >= 11 is 0. The van der Waals surface area contributed by atoms with Crippen molar-refractivity contribution in [1.29, 1.82) is 0 Å². The lowest BCUT2D eigenvalue weighted by Crippen LogP contribution is -2.49. The van der Waals surface area contributed by atoms with Crippen LogP contribution in [0.3, 0.4) is 0 Å². The van der Waals surface area contributed by atoms with E-state index < -0.39 is 0 Å². The fourth-order valence-electron chi connectivity index (χ4n) is 6.65. The summed E-state index contributed by atoms with van der Waals surface area (Å²) in [6.07, 6.45) is 9.17. The maximum Gasteiger partial charge on any atom is 0.0234 e. The van der Waals surface area contributed by atoms with Gasteiger partial charge in [-0.1, -0.05) is 96.9 Å². The van der Waals surface area contributed by atoms with Crippen LogP contribution in [0.5, 0.6) is 0 Å². The van der Waals surface area contributed by atoms with E-state index in [0.717, 1.165) is 12.6 Å². The molecule has 184 valence electrons. The molecule has 35 heavy (non-hydrogen) atoms. The highest BCUT2D eigenvalue weighted by Crippen LogP contribution is 2.42. The third-order valence-corrected chi connectivity index (χ3v) is 8.51. The van der Waals surface area contributed by atoms with E-state index in [0.29, 0.717) is 5.41 Å². The predicted octanol–water partition coefficient (Wildman–Crippen LogP) is 6.92. The Balaban J connectivity index is 1.21. The molecule has 0 aromatic heterocycles. The van der Waals surface area contributed by atoms with E-state index in [9.17, 15) is 0 Å². The molecule has 1 saturated heterocycles. The topological polar surface area (TPSA) is 6.48 Å². The summed E-state index contributed by atoms with van der Waals surface area (Å²) in [4.78, 5) is 5.48. The Hall–Kier alpha value is -2.42. The molecule has 0 radical (unpaired) electrons. The van der Waals surface area contributed by atoms with Gasteiger partial charge < -0.3 is 0 Å². The fourth-order valence-corrected chi connectivity index (χ4v) is 6.65. The summed E-state index contributed by atoms with van der Waals surface area (Å²) in [6, 6.07) is 32.3. The molecule has 3 aromatic rings. The van der Waals surface area contributed by atoms with Crippen LogP contribution < -0.4 is 0 Å². The van der Waals surface area contributed by atoms with Gasteiger partial charge in [-0.05, 0) is 67.6 Å². The molecular formula is C33H42N2. The Morgan fingerprint density at radius 2 is 1.31 bits per heavy atom. The highest BCUT2D eigenvalue weighted by molar-refractivity contribution is 5.23. The summed E-state index contributed by atoms with van der Waals surface area (Å²) in [5.41, 5.74) is 6.22. The average Bonchev–Trinajstić information content (AvgIpc) is 3.08. The van der Waals surface area contributed by atoms with E-state index in [2.05, 4.69) is 102 Å². The van der Waals surface area contributed by atoms with Gasteiger partial charge >= 0.3 is 0 Å². The highest BCUT2D eigenvalue weighted by atomic mass is 15.3. The van der Waals surface area contributed by atoms with Gasteiger partial charge in [0.15, 0.2) is 0 Å². The van der Waals surface area contributed by atoms with Crippen molar-refractivity contribution in [3.8, 4) is 0 Å². The molecule has 1 heterocycles. The summed E-state index contributed by atoms with van der Waals surface area (Å²) in [5.74, 6) is 0. The first-order valence-electron chi connectivity index (χ1n) is 13.8. The summed E-state index contributed by atoms with van der Waals surface area (Å²) in [7, 11) is 0. The van der Waals surface area contributed by atoms with Gasteiger partial charge in [-0.2, -0.15) is 0 Å². The van der Waals surface area contributed by atoms with E-state index >= 15 is 0 Å². The van der Waals surface area contributed by atoms with Crippen molar-refractivity contribution in [2.75, 3.05) is 26.2 Å². The number of piperazine rings is 1. The number of rotatable bonds is 7. The Morgan fingerprint density at radius 3 is 1.94 bits per heavy atom. The normalized spacial score (nSPS) is 21.5. The lowest BCUT2D eigenvalue weighted by molar-refractivity contribution is 0.0830. The van der Waals surface area contributed by atoms with Crippen LogP contribution in [-0.4, -0.2) is 42.0 Å². The second-order valence-corrected chi connectivity index (χ2v) is 11.2. The standard InChI is InChI=1S/C33H42N2/c1-28-10-8-15-31(24-28)27-34-20-22-35(23-21-34)32-16-9-18-33(19-17-32,25-29-11-4-2-5-12-29)26-30-13-6-3-7-14-30/h2-8,10-15,24,32H,9,16-23,25-27H2,1H3. The minimum absolute atomic E-state index is 0.379. The van der Waals surface area contributed by atoms with Gasteiger partial charge in [-0.3, -0.25) is 9.80 Å². The molecule has 2 fully saturated rings.